The summed E-state index contributed by atoms with van der Waals surface area (Å²) in [6.07, 6.45) is 2.76. The van der Waals surface area contributed by atoms with Gasteiger partial charge in [-0.05, 0) is 12.8 Å². The second kappa shape index (κ2) is 5.37. The number of amides is 2. The van der Waals surface area contributed by atoms with Gasteiger partial charge in [0.25, 0.3) is 0 Å². The fourth-order valence-electron chi connectivity index (χ4n) is 2.21. The van der Waals surface area contributed by atoms with E-state index >= 15 is 0 Å². The number of urea groups is 1. The van der Waals surface area contributed by atoms with Crippen LogP contribution in [0.1, 0.15) is 37.4 Å². The van der Waals surface area contributed by atoms with E-state index in [0.717, 1.165) is 31.6 Å². The predicted molar refractivity (Wildman–Crippen MR) is 66.3 cm³/mol. The van der Waals surface area contributed by atoms with Gasteiger partial charge in [0.15, 0.2) is 5.82 Å². The molecule has 0 bridgehead atoms. The van der Waals surface area contributed by atoms with Crippen molar-refractivity contribution >= 4 is 6.03 Å². The average Bonchev–Trinajstić information content (AvgIpc) is 2.86. The summed E-state index contributed by atoms with van der Waals surface area (Å²) >= 11 is 0. The zero-order valence-corrected chi connectivity index (χ0v) is 11.2. The number of aryl methyl sites for hydroxylation is 1. The zero-order chi connectivity index (χ0) is 13.1. The Hall–Kier alpha value is -1.59. The van der Waals surface area contributed by atoms with Crippen LogP contribution in [0.5, 0.6) is 0 Å². The van der Waals surface area contributed by atoms with E-state index in [9.17, 15) is 4.79 Å². The van der Waals surface area contributed by atoms with Gasteiger partial charge in [-0.25, -0.2) is 4.79 Å². The van der Waals surface area contributed by atoms with Gasteiger partial charge >= 0.3 is 6.03 Å². The highest BCUT2D eigenvalue weighted by Crippen LogP contribution is 2.26. The van der Waals surface area contributed by atoms with Crippen molar-refractivity contribution in [3.63, 3.8) is 0 Å². The van der Waals surface area contributed by atoms with Gasteiger partial charge in [0, 0.05) is 33.6 Å². The van der Waals surface area contributed by atoms with Gasteiger partial charge in [-0.2, -0.15) is 4.98 Å². The molecular weight excluding hydrogens is 232 g/mol. The molecule has 1 atom stereocenters. The highest BCUT2D eigenvalue weighted by atomic mass is 16.5. The minimum absolute atomic E-state index is 0.0509. The van der Waals surface area contributed by atoms with Crippen LogP contribution in [0.25, 0.3) is 0 Å². The van der Waals surface area contributed by atoms with Crippen LogP contribution in [0.2, 0.25) is 0 Å². The van der Waals surface area contributed by atoms with Gasteiger partial charge < -0.3 is 14.3 Å². The molecule has 0 unspecified atom stereocenters. The minimum Gasteiger partial charge on any atom is -0.339 e. The van der Waals surface area contributed by atoms with Gasteiger partial charge in [-0.3, -0.25) is 0 Å². The summed E-state index contributed by atoms with van der Waals surface area (Å²) in [5.74, 6) is 1.58. The van der Waals surface area contributed by atoms with E-state index < -0.39 is 0 Å². The third-order valence-corrected chi connectivity index (χ3v) is 3.22. The van der Waals surface area contributed by atoms with E-state index in [1.54, 1.807) is 19.0 Å². The smallest absolute Gasteiger partial charge is 0.319 e. The lowest BCUT2D eigenvalue weighted by atomic mass is 9.98. The zero-order valence-electron chi connectivity index (χ0n) is 11.2. The summed E-state index contributed by atoms with van der Waals surface area (Å²) in [4.78, 5) is 19.7. The van der Waals surface area contributed by atoms with Crippen molar-refractivity contribution in [3.8, 4) is 0 Å². The van der Waals surface area contributed by atoms with Crippen LogP contribution in [-0.4, -0.2) is 53.2 Å². The van der Waals surface area contributed by atoms with E-state index in [1.165, 1.54) is 0 Å². The number of hydrogen-bond acceptors (Lipinski definition) is 4. The number of aromatic nitrogens is 2. The Kier molecular flexibility index (Phi) is 3.84. The first kappa shape index (κ1) is 12.9. The molecule has 1 aliphatic heterocycles. The fourth-order valence-corrected chi connectivity index (χ4v) is 2.21. The first-order valence-electron chi connectivity index (χ1n) is 6.40. The summed E-state index contributed by atoms with van der Waals surface area (Å²) in [6, 6.07) is 0.0509. The standard InChI is InChI=1S/C12H20N4O2/c1-4-10-13-11(18-14-10)9-6-5-7-16(8-9)12(17)15(2)3/h9H,4-8H2,1-3H3/t9-/m1/s1. The number of nitrogens with zero attached hydrogens (tertiary/aromatic N) is 4. The highest BCUT2D eigenvalue weighted by Gasteiger charge is 2.28. The van der Waals surface area contributed by atoms with Crippen molar-refractivity contribution in [2.24, 2.45) is 0 Å². The van der Waals surface area contributed by atoms with Crippen molar-refractivity contribution in [2.75, 3.05) is 27.2 Å². The maximum absolute atomic E-state index is 11.9. The molecule has 0 aliphatic carbocycles. The second-order valence-electron chi connectivity index (χ2n) is 4.86. The van der Waals surface area contributed by atoms with E-state index in [-0.39, 0.29) is 11.9 Å². The molecule has 1 fully saturated rings. The topological polar surface area (TPSA) is 62.5 Å². The molecule has 100 valence electrons. The Bertz CT molecular complexity index is 416. The lowest BCUT2D eigenvalue weighted by Crippen LogP contribution is -2.44. The molecule has 0 spiro atoms. The van der Waals surface area contributed by atoms with Crippen LogP contribution >= 0.6 is 0 Å². The SMILES string of the molecule is CCc1noc([C@@H]2CCCN(C(=O)N(C)C)C2)n1. The van der Waals surface area contributed by atoms with Crippen LogP contribution in [0.3, 0.4) is 0 Å². The quantitative estimate of drug-likeness (QED) is 0.800. The van der Waals surface area contributed by atoms with Crippen molar-refractivity contribution in [1.29, 1.82) is 0 Å². The summed E-state index contributed by atoms with van der Waals surface area (Å²) in [5, 5.41) is 3.91. The number of carbonyl (C=O) groups excluding carboxylic acids is 1. The highest BCUT2D eigenvalue weighted by molar-refractivity contribution is 5.74. The molecule has 1 aliphatic rings. The van der Waals surface area contributed by atoms with Crippen molar-refractivity contribution < 1.29 is 9.32 Å². The molecule has 2 rings (SSSR count). The number of likely N-dealkylation sites (tertiary alicyclic amines) is 1. The Labute approximate surface area is 107 Å². The van der Waals surface area contributed by atoms with Crippen molar-refractivity contribution in [3.05, 3.63) is 11.7 Å². The molecular formula is C12H20N4O2. The van der Waals surface area contributed by atoms with E-state index in [1.807, 2.05) is 11.8 Å². The molecule has 6 nitrogen and oxygen atoms in total. The van der Waals surface area contributed by atoms with Crippen LogP contribution in [0.15, 0.2) is 4.52 Å². The van der Waals surface area contributed by atoms with Gasteiger partial charge in [0.2, 0.25) is 5.89 Å². The molecule has 0 aromatic carbocycles. The van der Waals surface area contributed by atoms with Crippen molar-refractivity contribution in [1.82, 2.24) is 19.9 Å². The molecule has 1 saturated heterocycles. The van der Waals surface area contributed by atoms with Gasteiger partial charge in [0.05, 0.1) is 5.92 Å². The van der Waals surface area contributed by atoms with Gasteiger partial charge in [-0.15, -0.1) is 0 Å². The molecule has 0 saturated carbocycles. The minimum atomic E-state index is 0.0509. The Balaban J connectivity index is 2.04. The molecule has 0 radical (unpaired) electrons. The number of hydrogen-bond donors (Lipinski definition) is 0. The van der Waals surface area contributed by atoms with Gasteiger partial charge in [-0.1, -0.05) is 12.1 Å². The monoisotopic (exact) mass is 252 g/mol. The number of carbonyl (C=O) groups is 1. The van der Waals surface area contributed by atoms with E-state index in [0.29, 0.717) is 12.4 Å². The molecule has 1 aromatic rings. The Morgan fingerprint density at radius 3 is 2.94 bits per heavy atom. The fraction of sp³-hybridized carbons (Fsp3) is 0.750. The molecule has 0 N–H and O–H groups in total. The molecule has 18 heavy (non-hydrogen) atoms. The van der Waals surface area contributed by atoms with E-state index in [2.05, 4.69) is 10.1 Å². The number of piperidine rings is 1. The van der Waals surface area contributed by atoms with Crippen LogP contribution in [0.4, 0.5) is 4.79 Å². The van der Waals surface area contributed by atoms with E-state index in [4.69, 9.17) is 4.52 Å². The summed E-state index contributed by atoms with van der Waals surface area (Å²) in [6.45, 7) is 3.47. The maximum atomic E-state index is 11.9. The number of rotatable bonds is 2. The first-order valence-corrected chi connectivity index (χ1v) is 6.40. The van der Waals surface area contributed by atoms with Crippen LogP contribution in [0, 0.1) is 0 Å². The predicted octanol–water partition coefficient (Wildman–Crippen LogP) is 1.49. The third kappa shape index (κ3) is 2.63. The normalized spacial score (nSPS) is 19.9. The van der Waals surface area contributed by atoms with Crippen LogP contribution < -0.4 is 0 Å². The van der Waals surface area contributed by atoms with Crippen molar-refractivity contribution in [2.45, 2.75) is 32.1 Å². The first-order chi connectivity index (χ1) is 8.61. The Morgan fingerprint density at radius 2 is 2.33 bits per heavy atom. The lowest BCUT2D eigenvalue weighted by Gasteiger charge is -2.32. The van der Waals surface area contributed by atoms with Gasteiger partial charge in [0.1, 0.15) is 0 Å². The molecule has 2 amide bonds. The Morgan fingerprint density at radius 1 is 1.56 bits per heavy atom. The molecule has 6 heteroatoms. The summed E-state index contributed by atoms with van der Waals surface area (Å²) in [5.41, 5.74) is 0. The summed E-state index contributed by atoms with van der Waals surface area (Å²) in [7, 11) is 3.54. The molecule has 2 heterocycles. The average molecular weight is 252 g/mol. The second-order valence-corrected chi connectivity index (χ2v) is 4.86. The maximum Gasteiger partial charge on any atom is 0.319 e. The lowest BCUT2D eigenvalue weighted by molar-refractivity contribution is 0.149. The summed E-state index contributed by atoms with van der Waals surface area (Å²) < 4.78 is 5.27. The van der Waals surface area contributed by atoms with Crippen LogP contribution in [-0.2, 0) is 6.42 Å². The molecule has 1 aromatic heterocycles. The largest absolute Gasteiger partial charge is 0.339 e. The third-order valence-electron chi connectivity index (χ3n) is 3.22.